The molecule has 0 saturated carbocycles. The Morgan fingerprint density at radius 3 is 1.26 bits per heavy atom. The zero-order valence-corrected chi connectivity index (χ0v) is 24.5. The summed E-state index contributed by atoms with van der Waals surface area (Å²) in [5.74, 6) is 0. The van der Waals surface area contributed by atoms with Gasteiger partial charge in [0.15, 0.2) is 0 Å². The van der Waals surface area contributed by atoms with Crippen LogP contribution in [-0.2, 0) is 0 Å². The average Bonchev–Trinajstić information content (AvgIpc) is 3.57. The van der Waals surface area contributed by atoms with Crippen molar-refractivity contribution in [1.29, 1.82) is 0 Å². The lowest BCUT2D eigenvalue weighted by Crippen LogP contribution is -1.83. The van der Waals surface area contributed by atoms with Gasteiger partial charge in [-0.05, 0) is 80.0 Å². The second-order valence-electron chi connectivity index (χ2n) is 8.30. The van der Waals surface area contributed by atoms with Crippen LogP contribution in [0.25, 0.3) is 43.4 Å². The second kappa shape index (κ2) is 11.7. The summed E-state index contributed by atoms with van der Waals surface area (Å²) >= 11 is 15.7. The van der Waals surface area contributed by atoms with Crippen LogP contribution in [0.4, 0.5) is 0 Å². The zero-order chi connectivity index (χ0) is 25.9. The zero-order valence-electron chi connectivity index (χ0n) is 19.7. The van der Waals surface area contributed by atoms with Crippen molar-refractivity contribution in [2.75, 3.05) is 0 Å². The first-order valence-electron chi connectivity index (χ1n) is 11.6. The van der Waals surface area contributed by atoms with Crippen LogP contribution in [0.3, 0.4) is 0 Å². The van der Waals surface area contributed by atoms with Gasteiger partial charge in [-0.1, -0.05) is 108 Å². The molecule has 2 nitrogen and oxygen atoms in total. The van der Waals surface area contributed by atoms with Gasteiger partial charge in [-0.15, -0.1) is 0 Å². The first kappa shape index (κ1) is 25.7. The smallest absolute Gasteiger partial charge is 0.0991 e. The molecule has 0 radical (unpaired) electrons. The molecule has 0 amide bonds. The van der Waals surface area contributed by atoms with Gasteiger partial charge in [0, 0.05) is 21.2 Å². The molecule has 6 aromatic rings. The van der Waals surface area contributed by atoms with E-state index in [-0.39, 0.29) is 0 Å². The van der Waals surface area contributed by atoms with Crippen molar-refractivity contribution in [1.82, 2.24) is 8.75 Å². The second-order valence-corrected chi connectivity index (χ2v) is 12.9. The molecule has 0 fully saturated rings. The summed E-state index contributed by atoms with van der Waals surface area (Å²) in [7, 11) is 3.42. The van der Waals surface area contributed by atoms with E-state index in [1.165, 1.54) is 23.1 Å². The molecule has 4 aromatic carbocycles. The third-order valence-electron chi connectivity index (χ3n) is 5.78. The predicted octanol–water partition coefficient (Wildman–Crippen LogP) is 11.4. The number of benzene rings is 4. The van der Waals surface area contributed by atoms with E-state index in [1.807, 2.05) is 72.8 Å². The summed E-state index contributed by atoms with van der Waals surface area (Å²) in [6.07, 6.45) is 0. The Morgan fingerprint density at radius 1 is 0.474 bits per heavy atom. The minimum Gasteiger partial charge on any atom is -0.191 e. The summed E-state index contributed by atoms with van der Waals surface area (Å²) in [6, 6.07) is 36.5. The topological polar surface area (TPSA) is 25.8 Å². The highest BCUT2D eigenvalue weighted by Gasteiger charge is 2.23. The van der Waals surface area contributed by atoms with Gasteiger partial charge in [-0.25, -0.2) is 0 Å². The quantitative estimate of drug-likeness (QED) is 0.169. The molecule has 2 aromatic heterocycles. The molecule has 0 N–H and O–H groups in total. The lowest BCUT2D eigenvalue weighted by molar-refractivity contribution is 1.41. The number of nitrogens with zero attached hydrogens (tertiary/aromatic N) is 2. The Balaban J connectivity index is 1.46. The SMILES string of the molecule is Clc1cccc(-c2snc(-c3ccccc3)c2SSc2c(-c3ccccc3)nsc2-c2cccc(Cl)c2)c1. The fourth-order valence-electron chi connectivity index (χ4n) is 3.99. The van der Waals surface area contributed by atoms with Crippen LogP contribution in [0.15, 0.2) is 119 Å². The molecule has 6 rings (SSSR count). The fourth-order valence-corrected chi connectivity index (χ4v) is 9.37. The van der Waals surface area contributed by atoms with Crippen molar-refractivity contribution in [3.05, 3.63) is 119 Å². The highest BCUT2D eigenvalue weighted by molar-refractivity contribution is 8.76. The Morgan fingerprint density at radius 2 is 0.868 bits per heavy atom. The average molecular weight is 606 g/mol. The normalized spacial score (nSPS) is 11.1. The predicted molar refractivity (Wildman–Crippen MR) is 168 cm³/mol. The van der Waals surface area contributed by atoms with Crippen molar-refractivity contribution in [3.8, 4) is 43.4 Å². The van der Waals surface area contributed by atoms with E-state index in [2.05, 4.69) is 36.4 Å². The number of aromatic nitrogens is 2. The molecule has 0 aliphatic carbocycles. The largest absolute Gasteiger partial charge is 0.191 e. The molecule has 0 unspecified atom stereocenters. The number of rotatable bonds is 7. The molecule has 2 heterocycles. The molecule has 186 valence electrons. The summed E-state index contributed by atoms with van der Waals surface area (Å²) in [6.45, 7) is 0. The van der Waals surface area contributed by atoms with Gasteiger partial charge in [0.05, 0.1) is 30.9 Å². The van der Waals surface area contributed by atoms with Gasteiger partial charge in [0.1, 0.15) is 0 Å². The standard InChI is InChI=1S/C30H18Cl2N2S4/c31-23-15-7-13-21(17-23)27-29(25(33-35-27)19-9-3-1-4-10-19)37-38-30-26(20-11-5-2-6-12-20)34-36-28(30)22-14-8-16-24(32)18-22/h1-18H. The molecule has 0 aliphatic heterocycles. The van der Waals surface area contributed by atoms with Gasteiger partial charge in [0.2, 0.25) is 0 Å². The molecule has 38 heavy (non-hydrogen) atoms. The van der Waals surface area contributed by atoms with E-state index < -0.39 is 0 Å². The number of hydrogen-bond acceptors (Lipinski definition) is 6. The van der Waals surface area contributed by atoms with Crippen molar-refractivity contribution >= 4 is 67.9 Å². The molecule has 0 bridgehead atoms. The summed E-state index contributed by atoms with van der Waals surface area (Å²) < 4.78 is 9.80. The Kier molecular flexibility index (Phi) is 7.88. The van der Waals surface area contributed by atoms with Crippen LogP contribution < -0.4 is 0 Å². The minimum absolute atomic E-state index is 0.706. The van der Waals surface area contributed by atoms with Crippen molar-refractivity contribution in [2.45, 2.75) is 9.79 Å². The maximum atomic E-state index is 6.37. The van der Waals surface area contributed by atoms with E-state index in [9.17, 15) is 0 Å². The minimum atomic E-state index is 0.706. The Hall–Kier alpha value is -2.58. The lowest BCUT2D eigenvalue weighted by atomic mass is 10.1. The fraction of sp³-hybridized carbons (Fsp3) is 0. The molecule has 0 saturated heterocycles. The van der Waals surface area contributed by atoms with E-state index in [0.717, 1.165) is 53.2 Å². The molecule has 0 aliphatic rings. The molecular weight excluding hydrogens is 588 g/mol. The van der Waals surface area contributed by atoms with Crippen LogP contribution in [-0.4, -0.2) is 8.75 Å². The number of halogens is 2. The van der Waals surface area contributed by atoms with E-state index in [4.69, 9.17) is 31.9 Å². The van der Waals surface area contributed by atoms with Gasteiger partial charge in [0.25, 0.3) is 0 Å². The summed E-state index contributed by atoms with van der Waals surface area (Å²) in [5, 5.41) is 1.41. The van der Waals surface area contributed by atoms with Gasteiger partial charge < -0.3 is 0 Å². The van der Waals surface area contributed by atoms with Crippen LogP contribution in [0.2, 0.25) is 10.0 Å². The Bertz CT molecular complexity index is 1570. The molecule has 0 atom stereocenters. The summed E-state index contributed by atoms with van der Waals surface area (Å²) in [5.41, 5.74) is 6.22. The maximum Gasteiger partial charge on any atom is 0.0991 e. The Labute approximate surface area is 247 Å². The van der Waals surface area contributed by atoms with Crippen molar-refractivity contribution in [2.24, 2.45) is 0 Å². The van der Waals surface area contributed by atoms with Crippen molar-refractivity contribution in [3.63, 3.8) is 0 Å². The lowest BCUT2D eigenvalue weighted by Gasteiger charge is -2.09. The highest BCUT2D eigenvalue weighted by atomic mass is 35.5. The van der Waals surface area contributed by atoms with Gasteiger partial charge >= 0.3 is 0 Å². The maximum absolute atomic E-state index is 6.37. The van der Waals surface area contributed by atoms with Crippen molar-refractivity contribution < 1.29 is 0 Å². The van der Waals surface area contributed by atoms with Crippen LogP contribution in [0.1, 0.15) is 0 Å². The highest BCUT2D eigenvalue weighted by Crippen LogP contribution is 2.53. The van der Waals surface area contributed by atoms with Gasteiger partial charge in [-0.2, -0.15) is 8.75 Å². The molecule has 8 heteroatoms. The van der Waals surface area contributed by atoms with Crippen LogP contribution in [0, 0.1) is 0 Å². The van der Waals surface area contributed by atoms with E-state index >= 15 is 0 Å². The third kappa shape index (κ3) is 5.43. The summed E-state index contributed by atoms with van der Waals surface area (Å²) in [4.78, 5) is 4.40. The van der Waals surface area contributed by atoms with E-state index in [1.54, 1.807) is 21.6 Å². The number of hydrogen-bond donors (Lipinski definition) is 0. The first-order chi connectivity index (χ1) is 18.7. The van der Waals surface area contributed by atoms with Crippen LogP contribution >= 0.6 is 67.9 Å². The first-order valence-corrected chi connectivity index (χ1v) is 16.1. The molecule has 0 spiro atoms. The third-order valence-corrected chi connectivity index (χ3v) is 10.8. The van der Waals surface area contributed by atoms with E-state index in [0.29, 0.717) is 10.0 Å². The monoisotopic (exact) mass is 604 g/mol. The molecular formula is C30H18Cl2N2S4. The van der Waals surface area contributed by atoms with Crippen LogP contribution in [0.5, 0.6) is 0 Å². The van der Waals surface area contributed by atoms with Gasteiger partial charge in [-0.3, -0.25) is 0 Å².